The van der Waals surface area contributed by atoms with Crippen LogP contribution < -0.4 is 0 Å². The van der Waals surface area contributed by atoms with Crippen LogP contribution in [0, 0.1) is 10.1 Å². The van der Waals surface area contributed by atoms with Crippen molar-refractivity contribution in [2.75, 3.05) is 0 Å². The van der Waals surface area contributed by atoms with Crippen LogP contribution in [0.5, 0.6) is 0 Å². The van der Waals surface area contributed by atoms with E-state index in [2.05, 4.69) is 0 Å². The molecule has 1 rings (SSSR count). The van der Waals surface area contributed by atoms with Crippen LogP contribution in [0.1, 0.15) is 10.4 Å². The summed E-state index contributed by atoms with van der Waals surface area (Å²) in [4.78, 5) is 20.0. The maximum Gasteiger partial charge on any atom is 0.289 e. The Labute approximate surface area is 83.2 Å². The van der Waals surface area contributed by atoms with E-state index in [-0.39, 0.29) is 21.3 Å². The molecule has 0 atom stereocenters. The third-order valence-electron chi connectivity index (χ3n) is 1.42. The third kappa shape index (κ3) is 1.79. The molecule has 0 aliphatic carbocycles. The lowest BCUT2D eigenvalue weighted by Gasteiger charge is -1.99. The molecule has 1 aromatic carbocycles. The Kier molecular flexibility index (Phi) is 2.85. The Hall–Kier alpha value is -1.13. The van der Waals surface area contributed by atoms with Crippen molar-refractivity contribution in [1.29, 1.82) is 0 Å². The van der Waals surface area contributed by atoms with Crippen molar-refractivity contribution in [3.8, 4) is 0 Å². The fraction of sp³-hybridized carbons (Fsp3) is 0. The number of carbonyl (C=O) groups is 1. The van der Waals surface area contributed by atoms with Gasteiger partial charge in [-0.15, -0.1) is 0 Å². The van der Waals surface area contributed by atoms with E-state index < -0.39 is 4.92 Å². The smallest absolute Gasteiger partial charge is 0.289 e. The van der Waals surface area contributed by atoms with E-state index in [1.54, 1.807) is 0 Å². The molecule has 0 unspecified atom stereocenters. The Balaban J connectivity index is 3.39. The van der Waals surface area contributed by atoms with Crippen LogP contribution in [0.15, 0.2) is 12.1 Å². The first-order chi connectivity index (χ1) is 6.07. The highest BCUT2D eigenvalue weighted by molar-refractivity contribution is 6.44. The van der Waals surface area contributed by atoms with Crippen molar-refractivity contribution in [2.24, 2.45) is 0 Å². The summed E-state index contributed by atoms with van der Waals surface area (Å²) >= 11 is 11.1. The summed E-state index contributed by atoms with van der Waals surface area (Å²) in [5, 5.41) is 10.0. The van der Waals surface area contributed by atoms with Crippen LogP contribution in [0.2, 0.25) is 10.0 Å². The molecule has 0 fully saturated rings. The minimum absolute atomic E-state index is 0.0918. The van der Waals surface area contributed by atoms with Gasteiger partial charge >= 0.3 is 0 Å². The van der Waals surface area contributed by atoms with Gasteiger partial charge in [-0.2, -0.15) is 0 Å². The summed E-state index contributed by atoms with van der Waals surface area (Å²) in [7, 11) is 0. The van der Waals surface area contributed by atoms with Crippen LogP contribution in [0.3, 0.4) is 0 Å². The van der Waals surface area contributed by atoms with Crippen molar-refractivity contribution >= 4 is 35.2 Å². The largest absolute Gasteiger partial charge is 0.298 e. The van der Waals surface area contributed by atoms with E-state index >= 15 is 0 Å². The second-order valence-corrected chi connectivity index (χ2v) is 2.93. The second-order valence-electron chi connectivity index (χ2n) is 2.18. The highest BCUT2D eigenvalue weighted by Gasteiger charge is 2.17. The summed E-state index contributed by atoms with van der Waals surface area (Å²) in [5.41, 5.74) is -0.172. The van der Waals surface area contributed by atoms with Crippen molar-refractivity contribution in [1.82, 2.24) is 0 Å². The highest BCUT2D eigenvalue weighted by atomic mass is 35.5. The SMILES string of the molecule is O=Cc1ccc([N+](=O)[O-])c(Cl)c1Cl. The first kappa shape index (κ1) is 9.95. The standard InChI is InChI=1S/C7H3Cl2NO3/c8-6-4(3-11)1-2-5(7(6)9)10(12)13/h1-3H. The zero-order valence-electron chi connectivity index (χ0n) is 6.16. The number of rotatable bonds is 2. The van der Waals surface area contributed by atoms with Gasteiger partial charge in [0, 0.05) is 11.6 Å². The Bertz CT molecular complexity index is 378. The lowest BCUT2D eigenvalue weighted by atomic mass is 10.2. The summed E-state index contributed by atoms with van der Waals surface area (Å²) in [6, 6.07) is 2.39. The fourth-order valence-corrected chi connectivity index (χ4v) is 1.23. The van der Waals surface area contributed by atoms with Gasteiger partial charge in [0.05, 0.1) is 9.95 Å². The lowest BCUT2D eigenvalue weighted by Crippen LogP contribution is -1.91. The number of aldehydes is 1. The molecule has 1 aromatic rings. The average Bonchev–Trinajstić information content (AvgIpc) is 2.09. The topological polar surface area (TPSA) is 60.2 Å². The van der Waals surface area contributed by atoms with Crippen LogP contribution in [-0.2, 0) is 0 Å². The van der Waals surface area contributed by atoms with Gasteiger partial charge in [-0.1, -0.05) is 23.2 Å². The van der Waals surface area contributed by atoms with E-state index in [0.29, 0.717) is 6.29 Å². The first-order valence-corrected chi connectivity index (χ1v) is 3.91. The number of nitro benzene ring substituents is 1. The number of nitro groups is 1. The van der Waals surface area contributed by atoms with Gasteiger partial charge in [-0.05, 0) is 6.07 Å². The van der Waals surface area contributed by atoms with E-state index in [9.17, 15) is 14.9 Å². The Morgan fingerprint density at radius 3 is 2.38 bits per heavy atom. The molecular formula is C7H3Cl2NO3. The number of hydrogen-bond donors (Lipinski definition) is 0. The normalized spacial score (nSPS) is 9.69. The first-order valence-electron chi connectivity index (χ1n) is 3.15. The van der Waals surface area contributed by atoms with Crippen molar-refractivity contribution in [3.63, 3.8) is 0 Å². The van der Waals surface area contributed by atoms with Crippen molar-refractivity contribution < 1.29 is 9.72 Å². The van der Waals surface area contributed by atoms with Crippen LogP contribution in [-0.4, -0.2) is 11.2 Å². The zero-order chi connectivity index (χ0) is 10.0. The Morgan fingerprint density at radius 1 is 1.31 bits per heavy atom. The molecule has 0 amide bonds. The molecule has 0 aliphatic rings. The molecule has 0 N–H and O–H groups in total. The minimum Gasteiger partial charge on any atom is -0.298 e. The number of carbonyl (C=O) groups excluding carboxylic acids is 1. The van der Waals surface area contributed by atoms with Crippen molar-refractivity contribution in [2.45, 2.75) is 0 Å². The maximum atomic E-state index is 10.3. The van der Waals surface area contributed by atoms with Gasteiger partial charge in [-0.3, -0.25) is 14.9 Å². The zero-order valence-corrected chi connectivity index (χ0v) is 7.67. The van der Waals surface area contributed by atoms with Crippen LogP contribution >= 0.6 is 23.2 Å². The molecule has 0 saturated carbocycles. The molecule has 0 radical (unpaired) electrons. The Morgan fingerprint density at radius 2 is 1.92 bits per heavy atom. The maximum absolute atomic E-state index is 10.3. The molecule has 4 nitrogen and oxygen atoms in total. The van der Waals surface area contributed by atoms with Gasteiger partial charge < -0.3 is 0 Å². The van der Waals surface area contributed by atoms with Gasteiger partial charge in [-0.25, -0.2) is 0 Å². The molecule has 0 spiro atoms. The molecule has 0 aliphatic heterocycles. The molecule has 0 bridgehead atoms. The minimum atomic E-state index is -0.664. The lowest BCUT2D eigenvalue weighted by molar-refractivity contribution is -0.384. The quantitative estimate of drug-likeness (QED) is 0.437. The number of halogens is 2. The van der Waals surface area contributed by atoms with Crippen LogP contribution in [0.4, 0.5) is 5.69 Å². The van der Waals surface area contributed by atoms with E-state index in [0.717, 1.165) is 6.07 Å². The van der Waals surface area contributed by atoms with Crippen molar-refractivity contribution in [3.05, 3.63) is 37.9 Å². The molecule has 0 heterocycles. The molecule has 6 heteroatoms. The van der Waals surface area contributed by atoms with Crippen LogP contribution in [0.25, 0.3) is 0 Å². The number of benzene rings is 1. The number of hydrogen-bond acceptors (Lipinski definition) is 3. The fourth-order valence-electron chi connectivity index (χ4n) is 0.786. The summed E-state index contributed by atoms with van der Waals surface area (Å²) in [5.74, 6) is 0. The van der Waals surface area contributed by atoms with E-state index in [1.165, 1.54) is 6.07 Å². The molecule has 0 saturated heterocycles. The molecule has 68 valence electrons. The molecular weight excluding hydrogens is 217 g/mol. The summed E-state index contributed by atoms with van der Waals surface area (Å²) in [6.45, 7) is 0. The summed E-state index contributed by atoms with van der Waals surface area (Å²) < 4.78 is 0. The summed E-state index contributed by atoms with van der Waals surface area (Å²) in [6.07, 6.45) is 0.484. The van der Waals surface area contributed by atoms with E-state index in [1.807, 2.05) is 0 Å². The predicted octanol–water partition coefficient (Wildman–Crippen LogP) is 2.71. The average molecular weight is 220 g/mol. The monoisotopic (exact) mass is 219 g/mol. The molecule has 0 aromatic heterocycles. The second kappa shape index (κ2) is 3.72. The van der Waals surface area contributed by atoms with Gasteiger partial charge in [0.1, 0.15) is 5.02 Å². The molecule has 13 heavy (non-hydrogen) atoms. The number of nitrogens with zero attached hydrogens (tertiary/aromatic N) is 1. The third-order valence-corrected chi connectivity index (χ3v) is 2.30. The highest BCUT2D eigenvalue weighted by Crippen LogP contribution is 2.33. The van der Waals surface area contributed by atoms with Gasteiger partial charge in [0.25, 0.3) is 5.69 Å². The van der Waals surface area contributed by atoms with Gasteiger partial charge in [0.2, 0.25) is 0 Å². The van der Waals surface area contributed by atoms with Gasteiger partial charge in [0.15, 0.2) is 6.29 Å². The van der Waals surface area contributed by atoms with E-state index in [4.69, 9.17) is 23.2 Å². The predicted molar refractivity (Wildman–Crippen MR) is 48.5 cm³/mol.